The van der Waals surface area contributed by atoms with E-state index in [1.807, 2.05) is 0 Å². The maximum Gasteiger partial charge on any atom is 0.323 e. The van der Waals surface area contributed by atoms with Gasteiger partial charge < -0.3 is 10.1 Å². The van der Waals surface area contributed by atoms with Crippen LogP contribution < -0.4 is 10.9 Å². The summed E-state index contributed by atoms with van der Waals surface area (Å²) in [5.41, 5.74) is -0.660. The molecule has 3 N–H and O–H groups in total. The maximum absolute atomic E-state index is 11.9. The van der Waals surface area contributed by atoms with Crippen LogP contribution in [0.25, 0.3) is 10.9 Å². The Kier molecular flexibility index (Phi) is 3.85. The van der Waals surface area contributed by atoms with Crippen molar-refractivity contribution >= 4 is 16.9 Å². The minimum absolute atomic E-state index is 0.191. The molecule has 0 radical (unpaired) electrons. The molecule has 0 saturated heterocycles. The fourth-order valence-electron chi connectivity index (χ4n) is 1.85. The summed E-state index contributed by atoms with van der Waals surface area (Å²) < 4.78 is 0. The lowest BCUT2D eigenvalue weighted by molar-refractivity contribution is -0.144. The smallest absolute Gasteiger partial charge is 0.323 e. The number of fused-ring (bicyclic) bond motifs is 1. The van der Waals surface area contributed by atoms with Gasteiger partial charge in [0, 0.05) is 0 Å². The Bertz CT molecular complexity index is 695. The molecule has 0 saturated carbocycles. The third kappa shape index (κ3) is 2.70. The number of aromatic nitrogens is 2. The van der Waals surface area contributed by atoms with Gasteiger partial charge in [-0.25, -0.2) is 4.98 Å². The van der Waals surface area contributed by atoms with Crippen LogP contribution in [-0.2, 0) is 11.3 Å². The van der Waals surface area contributed by atoms with Gasteiger partial charge in [0.15, 0.2) is 0 Å². The number of carboxylic acid groups (broad SMARTS) is 1. The summed E-state index contributed by atoms with van der Waals surface area (Å²) in [6.07, 6.45) is 0.431. The topological polar surface area (TPSA) is 95.1 Å². The van der Waals surface area contributed by atoms with Crippen LogP contribution >= 0.6 is 0 Å². The molecule has 1 aromatic heterocycles. The molecule has 2 rings (SSSR count). The molecule has 2 aromatic rings. The van der Waals surface area contributed by atoms with Gasteiger partial charge in [-0.3, -0.25) is 14.9 Å². The predicted molar refractivity (Wildman–Crippen MR) is 75.5 cm³/mol. The van der Waals surface area contributed by atoms with Crippen LogP contribution in [0.5, 0.6) is 0 Å². The third-order valence-electron chi connectivity index (χ3n) is 3.49. The normalized spacial score (nSPS) is 14.1. The number of aromatic amines is 1. The van der Waals surface area contributed by atoms with Crippen LogP contribution in [0.1, 0.15) is 26.1 Å². The Hall–Kier alpha value is -2.21. The molecule has 6 heteroatoms. The zero-order chi connectivity index (χ0) is 14.8. The molecule has 0 aliphatic carbocycles. The molecule has 6 nitrogen and oxygen atoms in total. The summed E-state index contributed by atoms with van der Waals surface area (Å²) in [6.45, 7) is 3.59. The lowest BCUT2D eigenvalue weighted by Crippen LogP contribution is -2.48. The molecular formula is C14H17N3O3. The molecule has 1 heterocycles. The Labute approximate surface area is 115 Å². The van der Waals surface area contributed by atoms with Crippen molar-refractivity contribution in [2.24, 2.45) is 0 Å². The number of hydrogen-bond donors (Lipinski definition) is 3. The lowest BCUT2D eigenvalue weighted by Gasteiger charge is -2.24. The molecule has 0 spiro atoms. The minimum atomic E-state index is -1.04. The van der Waals surface area contributed by atoms with Crippen LogP contribution in [-0.4, -0.2) is 26.6 Å². The van der Waals surface area contributed by atoms with E-state index in [0.717, 1.165) is 0 Å². The van der Waals surface area contributed by atoms with E-state index in [1.165, 1.54) is 0 Å². The second-order valence-electron chi connectivity index (χ2n) is 4.87. The first kappa shape index (κ1) is 14.2. The van der Waals surface area contributed by atoms with Crippen molar-refractivity contribution < 1.29 is 9.90 Å². The molecule has 1 atom stereocenters. The number of carboxylic acids is 1. The highest BCUT2D eigenvalue weighted by Crippen LogP contribution is 2.11. The summed E-state index contributed by atoms with van der Waals surface area (Å²) in [7, 11) is 0. The van der Waals surface area contributed by atoms with E-state index in [0.29, 0.717) is 23.1 Å². The summed E-state index contributed by atoms with van der Waals surface area (Å²) in [5.74, 6) is -0.502. The number of rotatable bonds is 5. The number of para-hydroxylation sites is 1. The molecule has 106 valence electrons. The second kappa shape index (κ2) is 5.42. The molecule has 0 aliphatic heterocycles. The van der Waals surface area contributed by atoms with Gasteiger partial charge in [0.05, 0.1) is 17.4 Å². The zero-order valence-corrected chi connectivity index (χ0v) is 11.4. The average Bonchev–Trinajstić information content (AvgIpc) is 2.44. The first-order chi connectivity index (χ1) is 9.46. The van der Waals surface area contributed by atoms with Gasteiger partial charge in [-0.15, -0.1) is 0 Å². The van der Waals surface area contributed by atoms with E-state index in [2.05, 4.69) is 15.3 Å². The minimum Gasteiger partial charge on any atom is -0.480 e. The molecule has 0 fully saturated rings. The van der Waals surface area contributed by atoms with Crippen molar-refractivity contribution in [3.8, 4) is 0 Å². The number of hydrogen-bond acceptors (Lipinski definition) is 4. The van der Waals surface area contributed by atoms with E-state index in [-0.39, 0.29) is 12.1 Å². The molecule has 1 unspecified atom stereocenters. The molecular weight excluding hydrogens is 258 g/mol. The number of benzene rings is 1. The number of H-pyrrole nitrogens is 1. The highest BCUT2D eigenvalue weighted by Gasteiger charge is 2.30. The van der Waals surface area contributed by atoms with Crippen molar-refractivity contribution in [3.05, 3.63) is 40.4 Å². The van der Waals surface area contributed by atoms with Gasteiger partial charge in [-0.1, -0.05) is 19.1 Å². The van der Waals surface area contributed by atoms with Crippen molar-refractivity contribution in [2.45, 2.75) is 32.4 Å². The quantitative estimate of drug-likeness (QED) is 0.763. The summed E-state index contributed by atoms with van der Waals surface area (Å²) in [4.78, 5) is 30.1. The Morgan fingerprint density at radius 3 is 2.80 bits per heavy atom. The van der Waals surface area contributed by atoms with E-state index in [4.69, 9.17) is 0 Å². The van der Waals surface area contributed by atoms with Crippen molar-refractivity contribution in [1.82, 2.24) is 15.3 Å². The maximum atomic E-state index is 11.9. The molecule has 0 amide bonds. The van der Waals surface area contributed by atoms with Gasteiger partial charge in [-0.2, -0.15) is 0 Å². The van der Waals surface area contributed by atoms with Gasteiger partial charge >= 0.3 is 5.97 Å². The monoisotopic (exact) mass is 275 g/mol. The second-order valence-corrected chi connectivity index (χ2v) is 4.87. The fourth-order valence-corrected chi connectivity index (χ4v) is 1.85. The first-order valence-electron chi connectivity index (χ1n) is 6.42. The predicted octanol–water partition coefficient (Wildman–Crippen LogP) is 1.27. The fraction of sp³-hybridized carbons (Fsp3) is 0.357. The highest BCUT2D eigenvalue weighted by molar-refractivity contribution is 5.78. The number of aliphatic carboxylic acids is 1. The SMILES string of the molecule is CCC(C)(NCc1nc2ccccc2c(=O)[nH]1)C(=O)O. The average molecular weight is 275 g/mol. The molecule has 20 heavy (non-hydrogen) atoms. The zero-order valence-electron chi connectivity index (χ0n) is 11.4. The summed E-state index contributed by atoms with van der Waals surface area (Å²) in [5, 5.41) is 12.6. The van der Waals surface area contributed by atoms with E-state index >= 15 is 0 Å². The Balaban J connectivity index is 2.27. The number of nitrogens with one attached hydrogen (secondary N) is 2. The van der Waals surface area contributed by atoms with E-state index in [1.54, 1.807) is 38.1 Å². The van der Waals surface area contributed by atoms with Crippen molar-refractivity contribution in [1.29, 1.82) is 0 Å². The van der Waals surface area contributed by atoms with Crippen LogP contribution in [0.15, 0.2) is 29.1 Å². The van der Waals surface area contributed by atoms with Crippen LogP contribution in [0, 0.1) is 0 Å². The third-order valence-corrected chi connectivity index (χ3v) is 3.49. The lowest BCUT2D eigenvalue weighted by atomic mass is 9.99. The molecule has 1 aromatic carbocycles. The van der Waals surface area contributed by atoms with Gasteiger partial charge in [0.2, 0.25) is 0 Å². The van der Waals surface area contributed by atoms with Crippen LogP contribution in [0.2, 0.25) is 0 Å². The molecule has 0 bridgehead atoms. The largest absolute Gasteiger partial charge is 0.480 e. The van der Waals surface area contributed by atoms with Crippen molar-refractivity contribution in [3.63, 3.8) is 0 Å². The van der Waals surface area contributed by atoms with Crippen LogP contribution in [0.4, 0.5) is 0 Å². The van der Waals surface area contributed by atoms with Gasteiger partial charge in [0.25, 0.3) is 5.56 Å². The highest BCUT2D eigenvalue weighted by atomic mass is 16.4. The van der Waals surface area contributed by atoms with Crippen molar-refractivity contribution in [2.75, 3.05) is 0 Å². The summed E-state index contributed by atoms with van der Waals surface area (Å²) in [6, 6.07) is 7.03. The summed E-state index contributed by atoms with van der Waals surface area (Å²) >= 11 is 0. The van der Waals surface area contributed by atoms with Gasteiger partial charge in [0.1, 0.15) is 11.4 Å². The van der Waals surface area contributed by atoms with E-state index < -0.39 is 11.5 Å². The Morgan fingerprint density at radius 1 is 1.45 bits per heavy atom. The number of nitrogens with zero attached hydrogens (tertiary/aromatic N) is 1. The number of carbonyl (C=O) groups is 1. The standard InChI is InChI=1S/C14H17N3O3/c1-3-14(2,13(19)20)15-8-11-16-10-7-5-4-6-9(10)12(18)17-11/h4-7,15H,3,8H2,1-2H3,(H,19,20)(H,16,17,18). The van der Waals surface area contributed by atoms with Gasteiger partial charge in [-0.05, 0) is 25.5 Å². The molecule has 0 aliphatic rings. The first-order valence-corrected chi connectivity index (χ1v) is 6.42. The van der Waals surface area contributed by atoms with Crippen LogP contribution in [0.3, 0.4) is 0 Å². The van der Waals surface area contributed by atoms with E-state index in [9.17, 15) is 14.7 Å². The Morgan fingerprint density at radius 2 is 2.15 bits per heavy atom.